The molecule has 3 aromatic carbocycles. The Morgan fingerprint density at radius 1 is 0.615 bits per heavy atom. The largest absolute Gasteiger partial charge is 0.378 e. The summed E-state index contributed by atoms with van der Waals surface area (Å²) >= 11 is 0. The zero-order valence-corrected chi connectivity index (χ0v) is 15.2. The Morgan fingerprint density at radius 3 is 1.85 bits per heavy atom. The average Bonchev–Trinajstić information content (AvgIpc) is 2.67. The minimum Gasteiger partial charge on any atom is -0.378 e. The molecule has 0 saturated heterocycles. The van der Waals surface area contributed by atoms with Crippen LogP contribution in [0.3, 0.4) is 0 Å². The fourth-order valence-electron chi connectivity index (χ4n) is 2.35. The molecule has 26 heavy (non-hydrogen) atoms. The Morgan fingerprint density at radius 2 is 1.19 bits per heavy atom. The lowest BCUT2D eigenvalue weighted by Gasteiger charge is -2.11. The molecule has 0 N–H and O–H groups in total. The second-order valence-electron chi connectivity index (χ2n) is 6.12. The number of azo groups is 2. The second kappa shape index (κ2) is 8.16. The topological polar surface area (TPSA) is 52.7 Å². The van der Waals surface area contributed by atoms with Crippen LogP contribution in [0.5, 0.6) is 0 Å². The van der Waals surface area contributed by atoms with Crippen LogP contribution in [0.25, 0.3) is 0 Å². The highest BCUT2D eigenvalue weighted by Gasteiger charge is 2.00. The van der Waals surface area contributed by atoms with Gasteiger partial charge in [0.25, 0.3) is 0 Å². The van der Waals surface area contributed by atoms with Gasteiger partial charge in [0, 0.05) is 19.8 Å². The van der Waals surface area contributed by atoms with Crippen molar-refractivity contribution < 1.29 is 0 Å². The molecule has 0 spiro atoms. The van der Waals surface area contributed by atoms with Gasteiger partial charge < -0.3 is 4.90 Å². The number of nitrogens with zero attached hydrogens (tertiary/aromatic N) is 5. The number of benzene rings is 3. The van der Waals surface area contributed by atoms with Crippen molar-refractivity contribution >= 4 is 28.4 Å². The third-order valence-electron chi connectivity index (χ3n) is 3.86. The van der Waals surface area contributed by atoms with E-state index in [0.717, 1.165) is 34.0 Å². The van der Waals surface area contributed by atoms with Gasteiger partial charge in [-0.25, -0.2) is 0 Å². The zero-order valence-electron chi connectivity index (χ0n) is 15.2. The summed E-state index contributed by atoms with van der Waals surface area (Å²) in [6.07, 6.45) is 0. The van der Waals surface area contributed by atoms with E-state index in [-0.39, 0.29) is 0 Å². The van der Waals surface area contributed by atoms with Gasteiger partial charge in [0.15, 0.2) is 0 Å². The first-order valence-electron chi connectivity index (χ1n) is 8.38. The molecule has 3 rings (SSSR count). The fourth-order valence-corrected chi connectivity index (χ4v) is 2.35. The van der Waals surface area contributed by atoms with Gasteiger partial charge in [-0.1, -0.05) is 18.2 Å². The SMILES string of the molecule is Cc1cc(N=Nc2ccc(N(C)C)cc2)ccc1N=Nc1ccccc1. The molecule has 0 fully saturated rings. The van der Waals surface area contributed by atoms with Gasteiger partial charge in [-0.3, -0.25) is 0 Å². The molecule has 5 nitrogen and oxygen atoms in total. The van der Waals surface area contributed by atoms with Crippen LogP contribution in [-0.2, 0) is 0 Å². The van der Waals surface area contributed by atoms with Crippen molar-refractivity contribution in [3.8, 4) is 0 Å². The Balaban J connectivity index is 1.72. The van der Waals surface area contributed by atoms with Crippen LogP contribution >= 0.6 is 0 Å². The zero-order chi connectivity index (χ0) is 18.4. The fraction of sp³-hybridized carbons (Fsp3) is 0.143. The Kier molecular flexibility index (Phi) is 5.49. The summed E-state index contributed by atoms with van der Waals surface area (Å²) in [7, 11) is 4.02. The molecule has 0 aliphatic rings. The molecule has 0 saturated carbocycles. The molecule has 3 aromatic rings. The maximum absolute atomic E-state index is 4.31. The van der Waals surface area contributed by atoms with Gasteiger partial charge in [-0.2, -0.15) is 20.5 Å². The van der Waals surface area contributed by atoms with Crippen molar-refractivity contribution in [2.45, 2.75) is 6.92 Å². The van der Waals surface area contributed by atoms with Crippen LogP contribution in [-0.4, -0.2) is 14.1 Å². The van der Waals surface area contributed by atoms with Gasteiger partial charge in [0.1, 0.15) is 0 Å². The van der Waals surface area contributed by atoms with Crippen molar-refractivity contribution in [3.05, 3.63) is 78.4 Å². The third kappa shape index (κ3) is 4.60. The van der Waals surface area contributed by atoms with Gasteiger partial charge >= 0.3 is 0 Å². The maximum Gasteiger partial charge on any atom is 0.0887 e. The van der Waals surface area contributed by atoms with Crippen LogP contribution in [0.1, 0.15) is 5.56 Å². The highest BCUT2D eigenvalue weighted by atomic mass is 15.1. The predicted molar refractivity (Wildman–Crippen MR) is 107 cm³/mol. The predicted octanol–water partition coefficient (Wildman–Crippen LogP) is 6.89. The minimum absolute atomic E-state index is 0.790. The van der Waals surface area contributed by atoms with Crippen LogP contribution in [0, 0.1) is 6.92 Å². The summed E-state index contributed by atoms with van der Waals surface area (Å²) in [5.74, 6) is 0. The van der Waals surface area contributed by atoms with Crippen LogP contribution in [0.15, 0.2) is 93.3 Å². The molecule has 0 unspecified atom stereocenters. The van der Waals surface area contributed by atoms with Crippen molar-refractivity contribution in [3.63, 3.8) is 0 Å². The summed E-state index contributed by atoms with van der Waals surface area (Å²) in [5, 5.41) is 17.2. The Bertz CT molecular complexity index is 913. The first kappa shape index (κ1) is 17.5. The number of rotatable bonds is 5. The van der Waals surface area contributed by atoms with Gasteiger partial charge in [-0.15, -0.1) is 0 Å². The van der Waals surface area contributed by atoms with E-state index in [0.29, 0.717) is 0 Å². The first-order valence-corrected chi connectivity index (χ1v) is 8.38. The average molecular weight is 343 g/mol. The third-order valence-corrected chi connectivity index (χ3v) is 3.86. The van der Waals surface area contributed by atoms with E-state index in [9.17, 15) is 0 Å². The lowest BCUT2D eigenvalue weighted by atomic mass is 10.2. The molecule has 0 heterocycles. The van der Waals surface area contributed by atoms with E-state index in [1.165, 1.54) is 0 Å². The highest BCUT2D eigenvalue weighted by Crippen LogP contribution is 2.27. The first-order chi connectivity index (χ1) is 12.6. The van der Waals surface area contributed by atoms with E-state index >= 15 is 0 Å². The normalized spacial score (nSPS) is 11.3. The monoisotopic (exact) mass is 343 g/mol. The van der Waals surface area contributed by atoms with Crippen molar-refractivity contribution in [1.82, 2.24) is 0 Å². The smallest absolute Gasteiger partial charge is 0.0887 e. The molecular formula is C21H21N5. The number of aryl methyl sites for hydroxylation is 1. The van der Waals surface area contributed by atoms with Crippen LogP contribution in [0.2, 0.25) is 0 Å². The van der Waals surface area contributed by atoms with E-state index in [2.05, 4.69) is 20.5 Å². The molecule has 0 aliphatic heterocycles. The second-order valence-corrected chi connectivity index (χ2v) is 6.12. The molecule has 0 aromatic heterocycles. The molecule has 0 aliphatic carbocycles. The quantitative estimate of drug-likeness (QED) is 0.465. The van der Waals surface area contributed by atoms with E-state index < -0.39 is 0 Å². The Labute approximate surface area is 153 Å². The summed E-state index contributed by atoms with van der Waals surface area (Å²) in [4.78, 5) is 2.05. The molecule has 5 heteroatoms. The molecule has 0 amide bonds. The van der Waals surface area contributed by atoms with E-state index in [1.54, 1.807) is 0 Å². The van der Waals surface area contributed by atoms with Crippen molar-refractivity contribution in [2.75, 3.05) is 19.0 Å². The van der Waals surface area contributed by atoms with Gasteiger partial charge in [-0.05, 0) is 67.1 Å². The standard InChI is InChI=1S/C21H21N5/c1-16-15-19(24-22-18-9-12-20(13-10-18)26(2)3)11-14-21(16)25-23-17-7-5-4-6-8-17/h4-15H,1-3H3. The molecule has 0 bridgehead atoms. The number of anilines is 1. The number of hydrogen-bond acceptors (Lipinski definition) is 5. The van der Waals surface area contributed by atoms with Crippen LogP contribution in [0.4, 0.5) is 28.4 Å². The lowest BCUT2D eigenvalue weighted by Crippen LogP contribution is -2.07. The number of hydrogen-bond donors (Lipinski definition) is 0. The Hall–Kier alpha value is -3.34. The molecule has 0 atom stereocenters. The highest BCUT2D eigenvalue weighted by molar-refractivity contribution is 5.55. The van der Waals surface area contributed by atoms with E-state index in [1.807, 2.05) is 98.7 Å². The molecular weight excluding hydrogens is 322 g/mol. The summed E-state index contributed by atoms with van der Waals surface area (Å²) < 4.78 is 0. The molecule has 130 valence electrons. The summed E-state index contributed by atoms with van der Waals surface area (Å²) in [6.45, 7) is 1.99. The molecule has 0 radical (unpaired) electrons. The van der Waals surface area contributed by atoms with Crippen LogP contribution < -0.4 is 4.90 Å². The maximum atomic E-state index is 4.31. The minimum atomic E-state index is 0.790. The van der Waals surface area contributed by atoms with Crippen molar-refractivity contribution in [2.24, 2.45) is 20.5 Å². The van der Waals surface area contributed by atoms with Crippen molar-refractivity contribution in [1.29, 1.82) is 0 Å². The van der Waals surface area contributed by atoms with Gasteiger partial charge in [0.2, 0.25) is 0 Å². The summed E-state index contributed by atoms with van der Waals surface area (Å²) in [5.41, 5.74) is 5.40. The lowest BCUT2D eigenvalue weighted by molar-refractivity contribution is 1.13. The van der Waals surface area contributed by atoms with E-state index in [4.69, 9.17) is 0 Å². The summed E-state index contributed by atoms with van der Waals surface area (Å²) in [6, 6.07) is 23.4. The van der Waals surface area contributed by atoms with Gasteiger partial charge in [0.05, 0.1) is 22.7 Å².